The highest BCUT2D eigenvalue weighted by molar-refractivity contribution is 5.92. The number of aliphatic carboxylic acids is 1. The van der Waals surface area contributed by atoms with Gasteiger partial charge in [0.1, 0.15) is 34.7 Å². The number of nitriles is 2. The normalized spacial score (nSPS) is 19.8. The molecule has 5 rings (SSSR count). The third-order valence-electron chi connectivity index (χ3n) is 8.90. The van der Waals surface area contributed by atoms with E-state index in [0.717, 1.165) is 56.6 Å². The molecule has 256 valence electrons. The number of nitrogens with zero attached hydrogens (tertiary/aromatic N) is 7. The van der Waals surface area contributed by atoms with Crippen LogP contribution in [0.15, 0.2) is 35.1 Å². The third-order valence-corrected chi connectivity index (χ3v) is 8.90. The Labute approximate surface area is 275 Å². The maximum atomic E-state index is 14.0. The summed E-state index contributed by atoms with van der Waals surface area (Å²) in [5.74, 6) is -3.00. The highest BCUT2D eigenvalue weighted by atomic mass is 19.4. The number of morpholine rings is 1. The Balaban J connectivity index is 0.000000671. The fraction of sp³-hybridized carbons (Fsp3) is 0.485. The van der Waals surface area contributed by atoms with E-state index in [9.17, 15) is 32.9 Å². The first-order chi connectivity index (χ1) is 22.7. The average Bonchev–Trinajstić information content (AvgIpc) is 3.05. The second-order valence-electron chi connectivity index (χ2n) is 12.1. The topological polar surface area (TPSA) is 139 Å². The fourth-order valence-corrected chi connectivity index (χ4v) is 6.42. The number of hydrogen-bond donors (Lipinski definition) is 1. The number of halogens is 4. The molecule has 1 aliphatic carbocycles. The molecule has 1 aliphatic heterocycles. The van der Waals surface area contributed by atoms with Gasteiger partial charge in [0.05, 0.1) is 23.9 Å². The minimum Gasteiger partial charge on any atom is -0.475 e. The van der Waals surface area contributed by atoms with Crippen molar-refractivity contribution in [3.63, 3.8) is 0 Å². The predicted molar refractivity (Wildman–Crippen MR) is 170 cm³/mol. The second kappa shape index (κ2) is 15.0. The van der Waals surface area contributed by atoms with E-state index in [2.05, 4.69) is 34.0 Å². The Morgan fingerprint density at radius 1 is 1.10 bits per heavy atom. The average molecular weight is 672 g/mol. The number of pyridine rings is 2. The number of aryl methyl sites for hydroxylation is 2. The van der Waals surface area contributed by atoms with Crippen LogP contribution in [-0.4, -0.2) is 90.2 Å². The smallest absolute Gasteiger partial charge is 0.475 e. The van der Waals surface area contributed by atoms with E-state index in [1.165, 1.54) is 10.6 Å². The molecule has 2 aromatic heterocycles. The highest BCUT2D eigenvalue weighted by Gasteiger charge is 2.38. The lowest BCUT2D eigenvalue weighted by Crippen LogP contribution is -2.50. The molecule has 1 atom stereocenters. The Kier molecular flexibility index (Phi) is 11.3. The molecule has 3 heterocycles. The molecule has 48 heavy (non-hydrogen) atoms. The number of alkyl halides is 3. The number of carboxylic acids is 1. The second-order valence-corrected chi connectivity index (χ2v) is 12.1. The van der Waals surface area contributed by atoms with Gasteiger partial charge in [-0.1, -0.05) is 0 Å². The van der Waals surface area contributed by atoms with Crippen molar-refractivity contribution < 1.29 is 32.2 Å². The van der Waals surface area contributed by atoms with Crippen LogP contribution in [0.2, 0.25) is 0 Å². The molecule has 15 heteroatoms. The van der Waals surface area contributed by atoms with Gasteiger partial charge in [-0.05, 0) is 75.5 Å². The van der Waals surface area contributed by atoms with E-state index in [1.807, 2.05) is 24.9 Å². The number of anilines is 2. The van der Waals surface area contributed by atoms with Gasteiger partial charge in [0, 0.05) is 51.5 Å². The van der Waals surface area contributed by atoms with Crippen molar-refractivity contribution >= 4 is 28.4 Å². The zero-order valence-electron chi connectivity index (χ0n) is 27.1. The number of likely N-dealkylation sites (N-methyl/N-ethyl adjacent to an activating group) is 1. The van der Waals surface area contributed by atoms with Crippen LogP contribution in [0, 0.1) is 35.4 Å². The molecule has 1 saturated carbocycles. The van der Waals surface area contributed by atoms with E-state index in [1.54, 1.807) is 25.2 Å². The van der Waals surface area contributed by atoms with Crippen molar-refractivity contribution in [1.82, 2.24) is 14.5 Å². The Hall–Kier alpha value is -4.73. The number of ether oxygens (including phenoxy) is 1. The summed E-state index contributed by atoms with van der Waals surface area (Å²) in [5.41, 5.74) is 3.37. The minimum absolute atomic E-state index is 0.0364. The van der Waals surface area contributed by atoms with Crippen molar-refractivity contribution in [1.29, 1.82) is 10.5 Å². The molecule has 1 N–H and O–H groups in total. The number of hydrogen-bond acceptors (Lipinski definition) is 9. The van der Waals surface area contributed by atoms with Crippen LogP contribution in [0.25, 0.3) is 11.0 Å². The Bertz CT molecular complexity index is 1790. The van der Waals surface area contributed by atoms with Crippen LogP contribution < -0.4 is 15.4 Å². The molecule has 1 saturated heterocycles. The van der Waals surface area contributed by atoms with Gasteiger partial charge in [0.25, 0.3) is 5.56 Å². The quantitative estimate of drug-likeness (QED) is 0.377. The molecule has 2 fully saturated rings. The van der Waals surface area contributed by atoms with Gasteiger partial charge in [-0.25, -0.2) is 14.2 Å². The molecule has 0 bridgehead atoms. The molecule has 0 spiro atoms. The van der Waals surface area contributed by atoms with Gasteiger partial charge in [0.2, 0.25) is 0 Å². The summed E-state index contributed by atoms with van der Waals surface area (Å²) in [4.78, 5) is 33.2. The van der Waals surface area contributed by atoms with Gasteiger partial charge >= 0.3 is 12.1 Å². The van der Waals surface area contributed by atoms with Crippen LogP contribution in [-0.2, 0) is 16.6 Å². The first-order valence-electron chi connectivity index (χ1n) is 15.4. The minimum atomic E-state index is -5.08. The summed E-state index contributed by atoms with van der Waals surface area (Å²) in [6.07, 6.45) is -1.58. The standard InChI is InChI=1S/C31H36FN7O2.C2HF3O2/c1-20-15-21(32)5-11-27(20)39(19-25-18-36(2)13-14-41-25)24-9-7-23(8-10-24)37(3)30-26(17-34)31(40)38(4)28-12-6-22(16-33)35-29(28)30;3-2(4,5)1(6)7/h5-6,11-12,15,23-25H,7-10,13-14,18-19H2,1-4H3;(H,6,7)/t23-,24-,25?;. The van der Waals surface area contributed by atoms with Gasteiger partial charge in [0.15, 0.2) is 0 Å². The first-order valence-corrected chi connectivity index (χ1v) is 15.4. The maximum absolute atomic E-state index is 14.0. The lowest BCUT2D eigenvalue weighted by atomic mass is 9.88. The van der Waals surface area contributed by atoms with Gasteiger partial charge < -0.3 is 29.1 Å². The zero-order valence-corrected chi connectivity index (χ0v) is 27.1. The monoisotopic (exact) mass is 671 g/mol. The lowest BCUT2D eigenvalue weighted by Gasteiger charge is -2.44. The SMILES string of the molecule is Cc1cc(F)ccc1N(CC1CN(C)CCO1)[C@H]1CC[C@H](N(C)c2c(C#N)c(=O)n(C)c3ccc(C#N)nc23)CC1.O=C(O)C(F)(F)F. The molecule has 0 radical (unpaired) electrons. The molecule has 2 aliphatic rings. The summed E-state index contributed by atoms with van der Waals surface area (Å²) in [5, 5.41) is 26.6. The number of benzene rings is 1. The highest BCUT2D eigenvalue weighted by Crippen LogP contribution is 2.36. The van der Waals surface area contributed by atoms with Crippen LogP contribution in [0.3, 0.4) is 0 Å². The Morgan fingerprint density at radius 3 is 2.31 bits per heavy atom. The van der Waals surface area contributed by atoms with E-state index in [-0.39, 0.29) is 40.8 Å². The van der Waals surface area contributed by atoms with Crippen LogP contribution in [0.4, 0.5) is 28.9 Å². The Morgan fingerprint density at radius 2 is 1.75 bits per heavy atom. The van der Waals surface area contributed by atoms with Crippen molar-refractivity contribution in [2.24, 2.45) is 7.05 Å². The summed E-state index contributed by atoms with van der Waals surface area (Å²) in [6.45, 7) is 5.13. The van der Waals surface area contributed by atoms with Crippen LogP contribution in [0.5, 0.6) is 0 Å². The summed E-state index contributed by atoms with van der Waals surface area (Å²) < 4.78 is 53.3. The number of carbonyl (C=O) groups is 1. The summed E-state index contributed by atoms with van der Waals surface area (Å²) >= 11 is 0. The third kappa shape index (κ3) is 8.03. The molecule has 3 aromatic rings. The van der Waals surface area contributed by atoms with Crippen molar-refractivity contribution in [2.45, 2.75) is 57.0 Å². The number of rotatable bonds is 6. The molecule has 0 amide bonds. The van der Waals surface area contributed by atoms with E-state index in [4.69, 9.17) is 14.6 Å². The zero-order chi connectivity index (χ0) is 35.3. The fourth-order valence-electron chi connectivity index (χ4n) is 6.42. The van der Waals surface area contributed by atoms with Gasteiger partial charge in [-0.2, -0.15) is 23.7 Å². The molecular weight excluding hydrogens is 634 g/mol. The molecule has 1 unspecified atom stereocenters. The van der Waals surface area contributed by atoms with Gasteiger partial charge in [-0.15, -0.1) is 0 Å². The van der Waals surface area contributed by atoms with Crippen LogP contribution >= 0.6 is 0 Å². The van der Waals surface area contributed by atoms with Crippen molar-refractivity contribution in [3.8, 4) is 12.1 Å². The van der Waals surface area contributed by atoms with Gasteiger partial charge in [-0.3, -0.25) is 4.79 Å². The summed E-state index contributed by atoms with van der Waals surface area (Å²) in [7, 11) is 5.64. The van der Waals surface area contributed by atoms with E-state index >= 15 is 0 Å². The number of fused-ring (bicyclic) bond motifs is 1. The van der Waals surface area contributed by atoms with Crippen molar-refractivity contribution in [3.05, 3.63) is 63.3 Å². The number of aromatic nitrogens is 2. The van der Waals surface area contributed by atoms with E-state index < -0.39 is 12.1 Å². The molecule has 1 aromatic carbocycles. The lowest BCUT2D eigenvalue weighted by molar-refractivity contribution is -0.192. The number of carboxylic acid groups (broad SMARTS) is 1. The first kappa shape index (κ1) is 36.1. The van der Waals surface area contributed by atoms with E-state index in [0.29, 0.717) is 23.3 Å². The largest absolute Gasteiger partial charge is 0.490 e. The molecule has 11 nitrogen and oxygen atoms in total. The summed E-state index contributed by atoms with van der Waals surface area (Å²) in [6, 6.07) is 12.8. The predicted octanol–water partition coefficient (Wildman–Crippen LogP) is 4.34. The van der Waals surface area contributed by atoms with Crippen molar-refractivity contribution in [2.75, 3.05) is 50.1 Å². The van der Waals surface area contributed by atoms with Crippen LogP contribution in [0.1, 0.15) is 42.5 Å². The molecular formula is C33H37F4N7O4. The maximum Gasteiger partial charge on any atom is 0.490 e.